The fourth-order valence-corrected chi connectivity index (χ4v) is 2.66. The Balaban J connectivity index is 2.15. The van der Waals surface area contributed by atoms with E-state index >= 15 is 0 Å². The molecule has 7 heteroatoms. The number of primary amides is 1. The van der Waals surface area contributed by atoms with Gasteiger partial charge in [0.1, 0.15) is 0 Å². The molecule has 0 saturated carbocycles. The van der Waals surface area contributed by atoms with Gasteiger partial charge in [-0.2, -0.15) is 0 Å². The minimum Gasteiger partial charge on any atom is -0.368 e. The molecule has 0 radical (unpaired) electrons. The summed E-state index contributed by atoms with van der Waals surface area (Å²) >= 11 is 6.16. The number of halogens is 1. The average Bonchev–Trinajstić information content (AvgIpc) is 2.61. The van der Waals surface area contributed by atoms with Crippen molar-refractivity contribution in [2.24, 2.45) is 5.73 Å². The van der Waals surface area contributed by atoms with Gasteiger partial charge in [0.2, 0.25) is 11.9 Å². The number of nitrogen functional groups attached to an aromatic ring is 1. The van der Waals surface area contributed by atoms with Crippen molar-refractivity contribution in [2.75, 3.05) is 5.73 Å². The van der Waals surface area contributed by atoms with Crippen LogP contribution in [0.5, 0.6) is 0 Å². The lowest BCUT2D eigenvalue weighted by atomic mass is 10.0. The third-order valence-corrected chi connectivity index (χ3v) is 3.92. The maximum absolute atomic E-state index is 11.4. The van der Waals surface area contributed by atoms with Crippen LogP contribution in [0.1, 0.15) is 27.2 Å². The van der Waals surface area contributed by atoms with Crippen LogP contribution in [-0.2, 0) is 0 Å². The van der Waals surface area contributed by atoms with Gasteiger partial charge in [0.15, 0.2) is 0 Å². The second-order valence-electron chi connectivity index (χ2n) is 5.44. The van der Waals surface area contributed by atoms with Crippen LogP contribution in [0.25, 0.3) is 11.3 Å². The lowest BCUT2D eigenvalue weighted by molar-refractivity contribution is 0.100. The minimum absolute atomic E-state index is 0.125. The molecule has 0 unspecified atom stereocenters. The van der Waals surface area contributed by atoms with Crippen LogP contribution in [-0.4, -0.2) is 20.9 Å². The van der Waals surface area contributed by atoms with Crippen LogP contribution in [0.4, 0.5) is 5.95 Å². The maximum atomic E-state index is 11.4. The Hall–Kier alpha value is -3.43. The molecule has 0 aliphatic carbocycles. The highest BCUT2D eigenvalue weighted by Gasteiger charge is 2.14. The first-order valence-corrected chi connectivity index (χ1v) is 7.99. The smallest absolute Gasteiger partial charge is 0.250 e. The zero-order chi connectivity index (χ0) is 18.7. The number of hydrogen-bond acceptors (Lipinski definition) is 5. The molecule has 0 aliphatic heterocycles. The molecule has 0 bridgehead atoms. The lowest BCUT2D eigenvalue weighted by Crippen LogP contribution is -2.11. The minimum atomic E-state index is -0.600. The van der Waals surface area contributed by atoms with Crippen LogP contribution >= 0.6 is 11.6 Å². The zero-order valence-corrected chi connectivity index (χ0v) is 14.6. The highest BCUT2D eigenvalue weighted by Crippen LogP contribution is 2.28. The van der Waals surface area contributed by atoms with Gasteiger partial charge in [-0.1, -0.05) is 29.5 Å². The Morgan fingerprint density at radius 3 is 2.65 bits per heavy atom. The number of carbonyl (C=O) groups excluding carboxylic acids is 1. The topological polar surface area (TPSA) is 108 Å². The number of aromatic nitrogens is 3. The van der Waals surface area contributed by atoms with Gasteiger partial charge in [-0.3, -0.25) is 9.78 Å². The maximum Gasteiger partial charge on any atom is 0.250 e. The van der Waals surface area contributed by atoms with E-state index in [1.54, 1.807) is 43.6 Å². The molecule has 0 fully saturated rings. The molecule has 1 aromatic carbocycles. The molecule has 6 nitrogen and oxygen atoms in total. The van der Waals surface area contributed by atoms with E-state index in [1.165, 1.54) is 0 Å². The second kappa shape index (κ2) is 7.21. The van der Waals surface area contributed by atoms with Crippen LogP contribution in [0.3, 0.4) is 0 Å². The molecule has 3 rings (SSSR count). The zero-order valence-electron chi connectivity index (χ0n) is 13.8. The van der Waals surface area contributed by atoms with E-state index in [-0.39, 0.29) is 16.5 Å². The summed E-state index contributed by atoms with van der Waals surface area (Å²) in [4.78, 5) is 23.9. The van der Waals surface area contributed by atoms with E-state index in [9.17, 15) is 4.79 Å². The highest BCUT2D eigenvalue weighted by atomic mass is 35.5. The summed E-state index contributed by atoms with van der Waals surface area (Å²) in [6.45, 7) is 1.80. The van der Waals surface area contributed by atoms with Gasteiger partial charge in [-0.25, -0.2) is 9.97 Å². The summed E-state index contributed by atoms with van der Waals surface area (Å²) in [7, 11) is 0. The van der Waals surface area contributed by atoms with E-state index in [4.69, 9.17) is 23.1 Å². The SMILES string of the molecule is Cc1nc(N)nc(-c2ccc(C(N)=O)c(Cl)c2)c1C#Cc1cccnc1. The van der Waals surface area contributed by atoms with E-state index < -0.39 is 5.91 Å². The Kier molecular flexibility index (Phi) is 4.83. The van der Waals surface area contributed by atoms with Crippen molar-refractivity contribution in [3.05, 3.63) is 70.1 Å². The first kappa shape index (κ1) is 17.4. The predicted octanol–water partition coefficient (Wildman–Crippen LogP) is 2.58. The molecule has 4 N–H and O–H groups in total. The van der Waals surface area contributed by atoms with E-state index in [2.05, 4.69) is 26.8 Å². The largest absolute Gasteiger partial charge is 0.368 e. The van der Waals surface area contributed by atoms with Crippen molar-refractivity contribution >= 4 is 23.5 Å². The number of anilines is 1. The van der Waals surface area contributed by atoms with Crippen LogP contribution in [0.2, 0.25) is 5.02 Å². The summed E-state index contributed by atoms with van der Waals surface area (Å²) < 4.78 is 0. The molecule has 0 aliphatic rings. The normalized spacial score (nSPS) is 10.1. The summed E-state index contributed by atoms with van der Waals surface area (Å²) in [5.41, 5.74) is 14.5. The highest BCUT2D eigenvalue weighted by molar-refractivity contribution is 6.34. The second-order valence-corrected chi connectivity index (χ2v) is 5.85. The number of aryl methyl sites for hydroxylation is 1. The lowest BCUT2D eigenvalue weighted by Gasteiger charge is -2.09. The first-order valence-electron chi connectivity index (χ1n) is 7.61. The number of hydrogen-bond donors (Lipinski definition) is 2. The number of carbonyl (C=O) groups is 1. The molecule has 2 heterocycles. The molecule has 0 atom stereocenters. The summed E-state index contributed by atoms with van der Waals surface area (Å²) in [6.07, 6.45) is 3.34. The molecule has 2 aromatic heterocycles. The fraction of sp³-hybridized carbons (Fsp3) is 0.0526. The molecule has 3 aromatic rings. The van der Waals surface area contributed by atoms with E-state index in [0.717, 1.165) is 5.56 Å². The third-order valence-electron chi connectivity index (χ3n) is 3.61. The Labute approximate surface area is 155 Å². The van der Waals surface area contributed by atoms with Crippen molar-refractivity contribution in [2.45, 2.75) is 6.92 Å². The monoisotopic (exact) mass is 363 g/mol. The number of rotatable bonds is 2. The number of nitrogens with two attached hydrogens (primary N) is 2. The van der Waals surface area contributed by atoms with Gasteiger partial charge in [-0.05, 0) is 31.2 Å². The van der Waals surface area contributed by atoms with Gasteiger partial charge in [0.25, 0.3) is 0 Å². The quantitative estimate of drug-likeness (QED) is 0.680. The molecule has 1 amide bonds. The van der Waals surface area contributed by atoms with Crippen molar-refractivity contribution in [1.29, 1.82) is 0 Å². The van der Waals surface area contributed by atoms with Gasteiger partial charge >= 0.3 is 0 Å². The van der Waals surface area contributed by atoms with Crippen molar-refractivity contribution in [1.82, 2.24) is 15.0 Å². The van der Waals surface area contributed by atoms with Gasteiger partial charge in [0, 0.05) is 23.5 Å². The summed E-state index contributed by atoms with van der Waals surface area (Å²) in [6, 6.07) is 8.51. The van der Waals surface area contributed by atoms with Crippen molar-refractivity contribution in [3.8, 4) is 23.1 Å². The standard InChI is InChI=1S/C19H14ClN5O/c1-11-14(6-4-12-3-2-8-23-10-12)17(25-19(22)24-11)13-5-7-15(18(21)26)16(20)9-13/h2-3,5,7-10H,1H3,(H2,21,26)(H2,22,24,25). The number of amides is 1. The van der Waals surface area contributed by atoms with E-state index in [1.807, 2.05) is 6.07 Å². The first-order chi connectivity index (χ1) is 12.5. The van der Waals surface area contributed by atoms with Crippen molar-refractivity contribution in [3.63, 3.8) is 0 Å². The molecule has 128 valence electrons. The molecular weight excluding hydrogens is 350 g/mol. The molecular formula is C19H14ClN5O. The number of pyridine rings is 1. The van der Waals surface area contributed by atoms with Crippen molar-refractivity contribution < 1.29 is 4.79 Å². The van der Waals surface area contributed by atoms with Crippen LogP contribution in [0, 0.1) is 18.8 Å². The average molecular weight is 364 g/mol. The third kappa shape index (κ3) is 3.63. The van der Waals surface area contributed by atoms with Crippen LogP contribution < -0.4 is 11.5 Å². The molecule has 0 saturated heterocycles. The Morgan fingerprint density at radius 1 is 1.19 bits per heavy atom. The Bertz CT molecular complexity index is 1050. The fourth-order valence-electron chi connectivity index (χ4n) is 2.39. The summed E-state index contributed by atoms with van der Waals surface area (Å²) in [5.74, 6) is 5.63. The van der Waals surface area contributed by atoms with Gasteiger partial charge in [0.05, 0.1) is 27.5 Å². The summed E-state index contributed by atoms with van der Waals surface area (Å²) in [5, 5.41) is 0.232. The molecule has 26 heavy (non-hydrogen) atoms. The van der Waals surface area contributed by atoms with Gasteiger partial charge < -0.3 is 11.5 Å². The molecule has 0 spiro atoms. The van der Waals surface area contributed by atoms with E-state index in [0.29, 0.717) is 22.5 Å². The van der Waals surface area contributed by atoms with Gasteiger partial charge in [-0.15, -0.1) is 0 Å². The number of benzene rings is 1. The predicted molar refractivity (Wildman–Crippen MR) is 100 cm³/mol. The van der Waals surface area contributed by atoms with Crippen LogP contribution in [0.15, 0.2) is 42.7 Å². The Morgan fingerprint density at radius 2 is 2.00 bits per heavy atom. The number of nitrogens with zero attached hydrogens (tertiary/aromatic N) is 3.